The third-order valence-corrected chi connectivity index (χ3v) is 1.70. The summed E-state index contributed by atoms with van der Waals surface area (Å²) in [6.07, 6.45) is 1.26. The smallest absolute Gasteiger partial charge is 0.286 e. The molecule has 0 saturated carbocycles. The summed E-state index contributed by atoms with van der Waals surface area (Å²) >= 11 is 1.31. The van der Waals surface area contributed by atoms with Gasteiger partial charge in [0.2, 0.25) is 12.2 Å². The molecule has 2 aromatic heterocycles. The van der Waals surface area contributed by atoms with E-state index in [1.165, 1.54) is 17.9 Å². The van der Waals surface area contributed by atoms with Crippen LogP contribution in [0.2, 0.25) is 0 Å². The zero-order valence-corrected chi connectivity index (χ0v) is 6.50. The summed E-state index contributed by atoms with van der Waals surface area (Å²) < 4.78 is 8.88. The zero-order chi connectivity index (χ0) is 7.68. The molecule has 5 nitrogen and oxygen atoms in total. The molecule has 0 bridgehead atoms. The third kappa shape index (κ3) is 1.12. The molecule has 0 unspecified atom stereocenters. The highest BCUT2D eigenvalue weighted by atomic mass is 32.1. The van der Waals surface area contributed by atoms with Gasteiger partial charge >= 0.3 is 0 Å². The van der Waals surface area contributed by atoms with Crippen molar-refractivity contribution in [3.05, 3.63) is 11.4 Å². The zero-order valence-electron chi connectivity index (χ0n) is 5.68. The van der Waals surface area contributed by atoms with E-state index in [0.29, 0.717) is 11.7 Å². The SMILES string of the molecule is Cc1nc(-c2nnco2)ns1. The van der Waals surface area contributed by atoms with E-state index in [1.54, 1.807) is 0 Å². The van der Waals surface area contributed by atoms with Gasteiger partial charge in [0.1, 0.15) is 5.01 Å². The predicted molar refractivity (Wildman–Crippen MR) is 37.9 cm³/mol. The molecule has 0 atom stereocenters. The number of nitrogens with zero attached hydrogens (tertiary/aromatic N) is 4. The average molecular weight is 168 g/mol. The minimum atomic E-state index is 0.370. The van der Waals surface area contributed by atoms with Gasteiger partial charge in [-0.3, -0.25) is 0 Å². The first kappa shape index (κ1) is 6.41. The molecule has 0 radical (unpaired) electrons. The highest BCUT2D eigenvalue weighted by Gasteiger charge is 2.07. The highest BCUT2D eigenvalue weighted by Crippen LogP contribution is 2.13. The molecule has 0 fully saturated rings. The second-order valence-corrected chi connectivity index (χ2v) is 2.84. The molecule has 56 valence electrons. The van der Waals surface area contributed by atoms with Gasteiger partial charge in [-0.05, 0) is 18.5 Å². The maximum atomic E-state index is 4.89. The molecule has 11 heavy (non-hydrogen) atoms. The van der Waals surface area contributed by atoms with Crippen molar-refractivity contribution in [1.82, 2.24) is 19.6 Å². The van der Waals surface area contributed by atoms with Crippen LogP contribution in [0.4, 0.5) is 0 Å². The first-order chi connectivity index (χ1) is 5.36. The van der Waals surface area contributed by atoms with Crippen LogP contribution in [0.25, 0.3) is 11.7 Å². The van der Waals surface area contributed by atoms with Crippen LogP contribution < -0.4 is 0 Å². The maximum Gasteiger partial charge on any atom is 0.286 e. The largest absolute Gasteiger partial charge is 0.421 e. The molecular formula is C5H4N4OS. The summed E-state index contributed by atoms with van der Waals surface area (Å²) in [6.45, 7) is 1.87. The Balaban J connectivity index is 2.45. The van der Waals surface area contributed by atoms with Crippen LogP contribution in [0.1, 0.15) is 5.01 Å². The molecule has 0 N–H and O–H groups in total. The minimum Gasteiger partial charge on any atom is -0.421 e. The number of aryl methyl sites for hydroxylation is 1. The van der Waals surface area contributed by atoms with E-state index in [9.17, 15) is 0 Å². The Morgan fingerprint density at radius 2 is 2.45 bits per heavy atom. The molecule has 0 aromatic carbocycles. The Labute approximate surface area is 66.3 Å². The van der Waals surface area contributed by atoms with Crippen LogP contribution in [-0.2, 0) is 0 Å². The monoisotopic (exact) mass is 168 g/mol. The summed E-state index contributed by atoms with van der Waals surface area (Å²) in [6, 6.07) is 0. The molecule has 2 heterocycles. The Morgan fingerprint density at radius 1 is 1.55 bits per heavy atom. The number of hydrogen-bond acceptors (Lipinski definition) is 6. The molecule has 0 spiro atoms. The van der Waals surface area contributed by atoms with E-state index in [2.05, 4.69) is 19.6 Å². The van der Waals surface area contributed by atoms with Gasteiger partial charge in [0.25, 0.3) is 5.89 Å². The fourth-order valence-corrected chi connectivity index (χ4v) is 1.12. The molecule has 2 aromatic rings. The van der Waals surface area contributed by atoms with Crippen molar-refractivity contribution in [3.8, 4) is 11.7 Å². The van der Waals surface area contributed by atoms with E-state index in [-0.39, 0.29) is 0 Å². The minimum absolute atomic E-state index is 0.370. The average Bonchev–Trinajstić information content (AvgIpc) is 2.55. The van der Waals surface area contributed by atoms with Crippen LogP contribution in [0, 0.1) is 6.92 Å². The highest BCUT2D eigenvalue weighted by molar-refractivity contribution is 7.05. The van der Waals surface area contributed by atoms with Gasteiger partial charge in [-0.1, -0.05) is 0 Å². The normalized spacial score (nSPS) is 10.3. The molecule has 6 heteroatoms. The van der Waals surface area contributed by atoms with Gasteiger partial charge in [-0.2, -0.15) is 4.37 Å². The summed E-state index contributed by atoms with van der Waals surface area (Å²) in [5.41, 5.74) is 0. The van der Waals surface area contributed by atoms with Gasteiger partial charge < -0.3 is 4.42 Å². The van der Waals surface area contributed by atoms with Crippen molar-refractivity contribution in [1.29, 1.82) is 0 Å². The van der Waals surface area contributed by atoms with E-state index >= 15 is 0 Å². The maximum absolute atomic E-state index is 4.89. The van der Waals surface area contributed by atoms with Crippen LogP contribution in [-0.4, -0.2) is 19.6 Å². The number of aromatic nitrogens is 4. The van der Waals surface area contributed by atoms with Crippen molar-refractivity contribution in [2.75, 3.05) is 0 Å². The lowest BCUT2D eigenvalue weighted by Crippen LogP contribution is -1.79. The summed E-state index contributed by atoms with van der Waals surface area (Å²) in [7, 11) is 0. The molecule has 0 aliphatic rings. The fourth-order valence-electron chi connectivity index (χ4n) is 0.657. The summed E-state index contributed by atoms with van der Waals surface area (Å²) in [4.78, 5) is 4.06. The van der Waals surface area contributed by atoms with Crippen LogP contribution in [0.3, 0.4) is 0 Å². The van der Waals surface area contributed by atoms with E-state index in [4.69, 9.17) is 4.42 Å². The van der Waals surface area contributed by atoms with Gasteiger partial charge in [0.15, 0.2) is 0 Å². The Kier molecular flexibility index (Phi) is 1.39. The van der Waals surface area contributed by atoms with Crippen LogP contribution >= 0.6 is 11.5 Å². The van der Waals surface area contributed by atoms with Crippen molar-refractivity contribution in [2.45, 2.75) is 6.92 Å². The van der Waals surface area contributed by atoms with E-state index < -0.39 is 0 Å². The molecule has 0 saturated heterocycles. The van der Waals surface area contributed by atoms with Gasteiger partial charge in [-0.15, -0.1) is 10.2 Å². The second-order valence-electron chi connectivity index (χ2n) is 1.88. The summed E-state index contributed by atoms with van der Waals surface area (Å²) in [5.74, 6) is 0.874. The van der Waals surface area contributed by atoms with Crippen molar-refractivity contribution in [3.63, 3.8) is 0 Å². The number of rotatable bonds is 1. The summed E-state index contributed by atoms with van der Waals surface area (Å²) in [5, 5.41) is 8.07. The number of hydrogen-bond donors (Lipinski definition) is 0. The van der Waals surface area contributed by atoms with Gasteiger partial charge in [-0.25, -0.2) is 4.98 Å². The van der Waals surface area contributed by atoms with Crippen molar-refractivity contribution >= 4 is 11.5 Å². The lowest BCUT2D eigenvalue weighted by atomic mass is 10.6. The Morgan fingerprint density at radius 3 is 3.00 bits per heavy atom. The first-order valence-electron chi connectivity index (χ1n) is 2.93. The Bertz CT molecular complexity index is 341. The topological polar surface area (TPSA) is 64.7 Å². The lowest BCUT2D eigenvalue weighted by molar-refractivity contribution is 0.564. The van der Waals surface area contributed by atoms with E-state index in [1.807, 2.05) is 6.92 Å². The Hall–Kier alpha value is -1.30. The van der Waals surface area contributed by atoms with E-state index in [0.717, 1.165) is 5.01 Å². The van der Waals surface area contributed by atoms with Gasteiger partial charge in [0, 0.05) is 0 Å². The standard InChI is InChI=1S/C5H4N4OS/c1-3-7-4(9-11-3)5-8-6-2-10-5/h2H,1H3. The van der Waals surface area contributed by atoms with Crippen molar-refractivity contribution < 1.29 is 4.42 Å². The quantitative estimate of drug-likeness (QED) is 0.632. The van der Waals surface area contributed by atoms with Crippen LogP contribution in [0.5, 0.6) is 0 Å². The van der Waals surface area contributed by atoms with Crippen molar-refractivity contribution in [2.24, 2.45) is 0 Å². The first-order valence-corrected chi connectivity index (χ1v) is 3.70. The lowest BCUT2D eigenvalue weighted by Gasteiger charge is -1.79. The molecule has 0 aliphatic heterocycles. The molecular weight excluding hydrogens is 164 g/mol. The second kappa shape index (κ2) is 2.39. The fraction of sp³-hybridized carbons (Fsp3) is 0.200. The molecule has 0 aliphatic carbocycles. The van der Waals surface area contributed by atoms with Gasteiger partial charge in [0.05, 0.1) is 0 Å². The predicted octanol–water partition coefficient (Wildman–Crippen LogP) is 0.897. The third-order valence-electron chi connectivity index (χ3n) is 1.08. The molecule has 0 amide bonds. The molecule has 2 rings (SSSR count). The van der Waals surface area contributed by atoms with Crippen LogP contribution in [0.15, 0.2) is 10.8 Å².